The number of rotatable bonds is 5. The van der Waals surface area contributed by atoms with Gasteiger partial charge in [0.25, 0.3) is 5.88 Å². The summed E-state index contributed by atoms with van der Waals surface area (Å²) >= 11 is 0. The van der Waals surface area contributed by atoms with Crippen LogP contribution in [0.25, 0.3) is 0 Å². The highest BCUT2D eigenvalue weighted by Gasteiger charge is 2.15. The molecule has 0 saturated carbocycles. The zero-order valence-corrected chi connectivity index (χ0v) is 10.3. The number of hydrogen-bond donors (Lipinski definition) is 0. The third-order valence-corrected chi connectivity index (χ3v) is 2.48. The van der Waals surface area contributed by atoms with E-state index in [1.165, 1.54) is 18.3 Å². The largest absolute Gasteiger partial charge is 0.497 e. The molecule has 1 heterocycles. The average Bonchev–Trinajstić information content (AvgIpc) is 2.46. The molecule has 0 aliphatic heterocycles. The number of ether oxygens (including phenoxy) is 2. The quantitative estimate of drug-likeness (QED) is 0.610. The molecule has 19 heavy (non-hydrogen) atoms. The standard InChI is InChI=1S/C13H12N2O4/c1-18-11-6-4-10(5-7-11)9-19-13-12(15(16)17)3-2-8-14-13/h2-8H,9H2,1H3. The van der Waals surface area contributed by atoms with Gasteiger partial charge in [-0.3, -0.25) is 10.1 Å². The van der Waals surface area contributed by atoms with E-state index in [2.05, 4.69) is 4.98 Å². The predicted molar refractivity (Wildman–Crippen MR) is 68.2 cm³/mol. The molecule has 0 unspecified atom stereocenters. The van der Waals surface area contributed by atoms with Gasteiger partial charge < -0.3 is 9.47 Å². The number of pyridine rings is 1. The van der Waals surface area contributed by atoms with Gasteiger partial charge in [-0.25, -0.2) is 4.98 Å². The van der Waals surface area contributed by atoms with E-state index in [0.29, 0.717) is 0 Å². The Morgan fingerprint density at radius 3 is 2.63 bits per heavy atom. The van der Waals surface area contributed by atoms with E-state index in [0.717, 1.165) is 11.3 Å². The number of benzene rings is 1. The van der Waals surface area contributed by atoms with Crippen molar-refractivity contribution in [3.8, 4) is 11.6 Å². The molecular weight excluding hydrogens is 248 g/mol. The van der Waals surface area contributed by atoms with Gasteiger partial charge in [0.1, 0.15) is 12.4 Å². The summed E-state index contributed by atoms with van der Waals surface area (Å²) in [5.74, 6) is 0.760. The normalized spacial score (nSPS) is 9.95. The predicted octanol–water partition coefficient (Wildman–Crippen LogP) is 2.58. The highest BCUT2D eigenvalue weighted by molar-refractivity contribution is 5.40. The van der Waals surface area contributed by atoms with Gasteiger partial charge in [0.15, 0.2) is 0 Å². The zero-order chi connectivity index (χ0) is 13.7. The van der Waals surface area contributed by atoms with Crippen molar-refractivity contribution in [1.82, 2.24) is 4.98 Å². The molecule has 6 heteroatoms. The first kappa shape index (κ1) is 12.8. The number of nitro groups is 1. The highest BCUT2D eigenvalue weighted by atomic mass is 16.6. The number of hydrogen-bond acceptors (Lipinski definition) is 5. The van der Waals surface area contributed by atoms with Crippen LogP contribution >= 0.6 is 0 Å². The lowest BCUT2D eigenvalue weighted by atomic mass is 10.2. The number of aromatic nitrogens is 1. The second kappa shape index (κ2) is 5.81. The molecule has 0 aliphatic rings. The molecule has 1 aromatic heterocycles. The Balaban J connectivity index is 2.07. The fraction of sp³-hybridized carbons (Fsp3) is 0.154. The minimum absolute atomic E-state index is 0.0170. The summed E-state index contributed by atoms with van der Waals surface area (Å²) in [5, 5.41) is 10.8. The topological polar surface area (TPSA) is 74.5 Å². The van der Waals surface area contributed by atoms with Crippen LogP contribution in [-0.2, 0) is 6.61 Å². The summed E-state index contributed by atoms with van der Waals surface area (Å²) in [6.45, 7) is 0.210. The molecule has 0 aliphatic carbocycles. The minimum atomic E-state index is -0.518. The summed E-state index contributed by atoms with van der Waals surface area (Å²) in [6.07, 6.45) is 1.45. The maximum absolute atomic E-state index is 10.8. The first-order chi connectivity index (χ1) is 9.20. The smallest absolute Gasteiger partial charge is 0.330 e. The molecular formula is C13H12N2O4. The molecule has 2 rings (SSSR count). The molecule has 1 aromatic carbocycles. The van der Waals surface area contributed by atoms with Gasteiger partial charge >= 0.3 is 5.69 Å². The van der Waals surface area contributed by atoms with E-state index in [4.69, 9.17) is 9.47 Å². The molecule has 2 aromatic rings. The maximum Gasteiger partial charge on any atom is 0.330 e. The molecule has 0 spiro atoms. The van der Waals surface area contributed by atoms with Crippen molar-refractivity contribution in [2.45, 2.75) is 6.61 Å². The Kier molecular flexibility index (Phi) is 3.92. The van der Waals surface area contributed by atoms with Crippen molar-refractivity contribution in [2.75, 3.05) is 7.11 Å². The zero-order valence-electron chi connectivity index (χ0n) is 10.3. The molecule has 0 atom stereocenters. The minimum Gasteiger partial charge on any atom is -0.497 e. The van der Waals surface area contributed by atoms with Gasteiger partial charge in [-0.1, -0.05) is 12.1 Å². The SMILES string of the molecule is COc1ccc(COc2ncccc2[N+](=O)[O-])cc1. The van der Waals surface area contributed by atoms with Crippen LogP contribution in [0.2, 0.25) is 0 Å². The second-order valence-electron chi connectivity index (χ2n) is 3.72. The number of nitrogens with zero attached hydrogens (tertiary/aromatic N) is 2. The molecule has 0 fully saturated rings. The fourth-order valence-corrected chi connectivity index (χ4v) is 1.51. The van der Waals surface area contributed by atoms with Crippen molar-refractivity contribution in [1.29, 1.82) is 0 Å². The molecule has 6 nitrogen and oxygen atoms in total. The lowest BCUT2D eigenvalue weighted by Crippen LogP contribution is -2.00. The molecule has 0 radical (unpaired) electrons. The Morgan fingerprint density at radius 2 is 2.00 bits per heavy atom. The van der Waals surface area contributed by atoms with E-state index in [1.807, 2.05) is 12.1 Å². The second-order valence-corrected chi connectivity index (χ2v) is 3.72. The van der Waals surface area contributed by atoms with Crippen molar-refractivity contribution in [3.63, 3.8) is 0 Å². The Bertz CT molecular complexity index is 569. The van der Waals surface area contributed by atoms with E-state index in [9.17, 15) is 10.1 Å². The van der Waals surface area contributed by atoms with Gasteiger partial charge in [-0.2, -0.15) is 0 Å². The summed E-state index contributed by atoms with van der Waals surface area (Å²) in [6, 6.07) is 10.1. The Labute approximate surface area is 109 Å². The van der Waals surface area contributed by atoms with Crippen LogP contribution in [0, 0.1) is 10.1 Å². The third kappa shape index (κ3) is 3.19. The summed E-state index contributed by atoms with van der Waals surface area (Å²) in [5.41, 5.74) is 0.733. The van der Waals surface area contributed by atoms with E-state index < -0.39 is 4.92 Å². The van der Waals surface area contributed by atoms with Crippen LogP contribution in [0.3, 0.4) is 0 Å². The van der Waals surface area contributed by atoms with Crippen LogP contribution < -0.4 is 9.47 Å². The van der Waals surface area contributed by atoms with E-state index in [-0.39, 0.29) is 18.2 Å². The van der Waals surface area contributed by atoms with Gasteiger partial charge in [-0.15, -0.1) is 0 Å². The molecule has 98 valence electrons. The van der Waals surface area contributed by atoms with E-state index >= 15 is 0 Å². The van der Waals surface area contributed by atoms with Crippen LogP contribution in [-0.4, -0.2) is 17.0 Å². The maximum atomic E-state index is 10.8. The first-order valence-corrected chi connectivity index (χ1v) is 5.56. The molecule has 0 N–H and O–H groups in total. The van der Waals surface area contributed by atoms with Crippen LogP contribution in [0.4, 0.5) is 5.69 Å². The van der Waals surface area contributed by atoms with Gasteiger partial charge in [-0.05, 0) is 23.8 Å². The van der Waals surface area contributed by atoms with Crippen molar-refractivity contribution < 1.29 is 14.4 Å². The molecule has 0 saturated heterocycles. The lowest BCUT2D eigenvalue weighted by Gasteiger charge is -2.06. The van der Waals surface area contributed by atoms with Crippen LogP contribution in [0.5, 0.6) is 11.6 Å². The summed E-state index contributed by atoms with van der Waals surface area (Å²) in [7, 11) is 1.59. The van der Waals surface area contributed by atoms with Crippen LogP contribution in [0.15, 0.2) is 42.6 Å². The molecule has 0 bridgehead atoms. The van der Waals surface area contributed by atoms with Crippen molar-refractivity contribution in [3.05, 3.63) is 58.3 Å². The summed E-state index contributed by atoms with van der Waals surface area (Å²) < 4.78 is 10.4. The first-order valence-electron chi connectivity index (χ1n) is 5.56. The average molecular weight is 260 g/mol. The monoisotopic (exact) mass is 260 g/mol. The van der Waals surface area contributed by atoms with Crippen molar-refractivity contribution in [2.24, 2.45) is 0 Å². The fourth-order valence-electron chi connectivity index (χ4n) is 1.51. The lowest BCUT2D eigenvalue weighted by molar-refractivity contribution is -0.386. The molecule has 0 amide bonds. The van der Waals surface area contributed by atoms with Gasteiger partial charge in [0.2, 0.25) is 0 Å². The summed E-state index contributed by atoms with van der Waals surface area (Å²) in [4.78, 5) is 14.1. The van der Waals surface area contributed by atoms with Crippen molar-refractivity contribution >= 4 is 5.69 Å². The highest BCUT2D eigenvalue weighted by Crippen LogP contribution is 2.24. The Morgan fingerprint density at radius 1 is 1.26 bits per heavy atom. The van der Waals surface area contributed by atoms with Crippen LogP contribution in [0.1, 0.15) is 5.56 Å². The van der Waals surface area contributed by atoms with E-state index in [1.54, 1.807) is 19.2 Å². The third-order valence-electron chi connectivity index (χ3n) is 2.48. The Hall–Kier alpha value is -2.63. The number of methoxy groups -OCH3 is 1. The van der Waals surface area contributed by atoms with Gasteiger partial charge in [0, 0.05) is 12.3 Å². The van der Waals surface area contributed by atoms with Gasteiger partial charge in [0.05, 0.1) is 12.0 Å².